The standard InChI is InChI=1S/C6H11OP/c1-4-5-6-8(2,3)7/h6H2,1-3H3. The van der Waals surface area contributed by atoms with Crippen LogP contribution in [0.1, 0.15) is 6.92 Å². The molecule has 0 aromatic heterocycles. The maximum absolute atomic E-state index is 10.9. The van der Waals surface area contributed by atoms with Crippen LogP contribution >= 0.6 is 7.14 Å². The van der Waals surface area contributed by atoms with Crippen LogP contribution in [0.5, 0.6) is 0 Å². The van der Waals surface area contributed by atoms with Crippen LogP contribution in [0.25, 0.3) is 0 Å². The Hall–Kier alpha value is -0.210. The van der Waals surface area contributed by atoms with Crippen LogP contribution < -0.4 is 0 Å². The van der Waals surface area contributed by atoms with Crippen molar-refractivity contribution in [3.63, 3.8) is 0 Å². The van der Waals surface area contributed by atoms with Crippen LogP contribution in [-0.4, -0.2) is 19.5 Å². The van der Waals surface area contributed by atoms with Gasteiger partial charge in [-0.25, -0.2) is 0 Å². The van der Waals surface area contributed by atoms with Crippen molar-refractivity contribution in [1.29, 1.82) is 0 Å². The molecule has 0 aliphatic rings. The molecule has 0 heterocycles. The van der Waals surface area contributed by atoms with Crippen LogP contribution in [0.15, 0.2) is 0 Å². The highest BCUT2D eigenvalue weighted by molar-refractivity contribution is 7.62. The van der Waals surface area contributed by atoms with E-state index in [0.29, 0.717) is 6.16 Å². The van der Waals surface area contributed by atoms with Crippen LogP contribution in [0.2, 0.25) is 0 Å². The molecule has 8 heavy (non-hydrogen) atoms. The molecule has 0 unspecified atom stereocenters. The Morgan fingerprint density at radius 3 is 2.12 bits per heavy atom. The van der Waals surface area contributed by atoms with Crippen LogP contribution in [-0.2, 0) is 4.57 Å². The van der Waals surface area contributed by atoms with Crippen molar-refractivity contribution >= 4 is 7.14 Å². The lowest BCUT2D eigenvalue weighted by molar-refractivity contribution is 0.584. The van der Waals surface area contributed by atoms with Crippen molar-refractivity contribution < 1.29 is 4.57 Å². The predicted molar refractivity (Wildman–Crippen MR) is 37.8 cm³/mol. The number of hydrogen-bond donors (Lipinski definition) is 0. The van der Waals surface area contributed by atoms with Gasteiger partial charge >= 0.3 is 0 Å². The lowest BCUT2D eigenvalue weighted by atomic mass is 10.7. The second kappa shape index (κ2) is 2.95. The summed E-state index contributed by atoms with van der Waals surface area (Å²) in [7, 11) is -1.86. The average Bonchev–Trinajstić information content (AvgIpc) is 1.59. The zero-order valence-electron chi connectivity index (χ0n) is 5.56. The van der Waals surface area contributed by atoms with E-state index in [2.05, 4.69) is 11.8 Å². The van der Waals surface area contributed by atoms with Gasteiger partial charge in [-0.3, -0.25) is 0 Å². The summed E-state index contributed by atoms with van der Waals surface area (Å²) in [5.74, 6) is 5.48. The van der Waals surface area contributed by atoms with Crippen molar-refractivity contribution in [3.8, 4) is 11.8 Å². The first-order valence-corrected chi connectivity index (χ1v) is 5.28. The van der Waals surface area contributed by atoms with Crippen LogP contribution in [0, 0.1) is 11.8 Å². The highest BCUT2D eigenvalue weighted by Gasteiger charge is 2.01. The molecule has 0 fully saturated rings. The highest BCUT2D eigenvalue weighted by Crippen LogP contribution is 2.34. The monoisotopic (exact) mass is 130 g/mol. The fraction of sp³-hybridized carbons (Fsp3) is 0.667. The Labute approximate surface area is 50.9 Å². The molecule has 2 heteroatoms. The molecule has 0 spiro atoms. The lowest BCUT2D eigenvalue weighted by Gasteiger charge is -1.95. The van der Waals surface area contributed by atoms with E-state index >= 15 is 0 Å². The molecule has 0 bridgehead atoms. The summed E-state index contributed by atoms with van der Waals surface area (Å²) in [4.78, 5) is 0. The smallest absolute Gasteiger partial charge is 0.0932 e. The van der Waals surface area contributed by atoms with E-state index in [-0.39, 0.29) is 0 Å². The van der Waals surface area contributed by atoms with Crippen LogP contribution in [0.3, 0.4) is 0 Å². The molecule has 0 aromatic rings. The third-order valence-electron chi connectivity index (χ3n) is 0.637. The molecular formula is C6H11OP. The van der Waals surface area contributed by atoms with Crippen molar-refractivity contribution in [1.82, 2.24) is 0 Å². The first-order chi connectivity index (χ1) is 3.56. The molecule has 0 amide bonds. The van der Waals surface area contributed by atoms with E-state index in [1.54, 1.807) is 20.3 Å². The first kappa shape index (κ1) is 7.79. The Bertz CT molecular complexity index is 155. The third-order valence-corrected chi connectivity index (χ3v) is 1.56. The maximum atomic E-state index is 10.9. The summed E-state index contributed by atoms with van der Waals surface area (Å²) in [6.07, 6.45) is 0.559. The minimum Gasteiger partial charge on any atom is -0.323 e. The van der Waals surface area contributed by atoms with Crippen molar-refractivity contribution in [2.75, 3.05) is 19.5 Å². The molecule has 0 atom stereocenters. The van der Waals surface area contributed by atoms with Crippen molar-refractivity contribution in [2.45, 2.75) is 6.92 Å². The summed E-state index contributed by atoms with van der Waals surface area (Å²) in [5, 5.41) is 0. The van der Waals surface area contributed by atoms with E-state index in [0.717, 1.165) is 0 Å². The summed E-state index contributed by atoms with van der Waals surface area (Å²) >= 11 is 0. The van der Waals surface area contributed by atoms with Gasteiger partial charge in [-0.05, 0) is 20.3 Å². The molecule has 0 aromatic carbocycles. The zero-order chi connectivity index (χ0) is 6.62. The molecule has 0 aliphatic heterocycles. The molecule has 46 valence electrons. The van der Waals surface area contributed by atoms with Gasteiger partial charge < -0.3 is 4.57 Å². The molecule has 0 N–H and O–H groups in total. The molecular weight excluding hydrogens is 119 g/mol. The second-order valence-corrected chi connectivity index (χ2v) is 5.62. The summed E-state index contributed by atoms with van der Waals surface area (Å²) in [5.41, 5.74) is 0. The van der Waals surface area contributed by atoms with Crippen LogP contribution in [0.4, 0.5) is 0 Å². The molecule has 0 radical (unpaired) electrons. The Morgan fingerprint density at radius 2 is 2.00 bits per heavy atom. The van der Waals surface area contributed by atoms with Gasteiger partial charge in [-0.1, -0.05) is 5.92 Å². The Morgan fingerprint density at radius 1 is 1.50 bits per heavy atom. The minimum absolute atomic E-state index is 0.559. The maximum Gasteiger partial charge on any atom is 0.0932 e. The zero-order valence-corrected chi connectivity index (χ0v) is 6.46. The van der Waals surface area contributed by atoms with Gasteiger partial charge in [0.1, 0.15) is 0 Å². The Kier molecular flexibility index (Phi) is 2.87. The van der Waals surface area contributed by atoms with E-state index < -0.39 is 7.14 Å². The topological polar surface area (TPSA) is 17.1 Å². The molecule has 0 saturated heterocycles. The SMILES string of the molecule is CC#CCP(C)(C)=O. The molecule has 1 nitrogen and oxygen atoms in total. The van der Waals surface area contributed by atoms with Gasteiger partial charge in [0.2, 0.25) is 0 Å². The number of hydrogen-bond acceptors (Lipinski definition) is 1. The van der Waals surface area contributed by atoms with Gasteiger partial charge in [0.15, 0.2) is 0 Å². The van der Waals surface area contributed by atoms with Gasteiger partial charge in [-0.15, -0.1) is 5.92 Å². The third kappa shape index (κ3) is 5.79. The van der Waals surface area contributed by atoms with E-state index in [4.69, 9.17) is 0 Å². The quantitative estimate of drug-likeness (QED) is 0.389. The highest BCUT2D eigenvalue weighted by atomic mass is 31.2. The van der Waals surface area contributed by atoms with Crippen molar-refractivity contribution in [2.24, 2.45) is 0 Å². The second-order valence-electron chi connectivity index (χ2n) is 2.16. The summed E-state index contributed by atoms with van der Waals surface area (Å²) in [6, 6.07) is 0. The van der Waals surface area contributed by atoms with E-state index in [1.165, 1.54) is 0 Å². The average molecular weight is 130 g/mol. The van der Waals surface area contributed by atoms with Gasteiger partial charge in [-0.2, -0.15) is 0 Å². The summed E-state index contributed by atoms with van der Waals surface area (Å²) in [6.45, 7) is 5.25. The fourth-order valence-corrected chi connectivity index (χ4v) is 0.808. The van der Waals surface area contributed by atoms with Gasteiger partial charge in [0.25, 0.3) is 0 Å². The minimum atomic E-state index is -1.86. The van der Waals surface area contributed by atoms with Gasteiger partial charge in [0, 0.05) is 0 Å². The van der Waals surface area contributed by atoms with E-state index in [1.807, 2.05) is 0 Å². The van der Waals surface area contributed by atoms with Crippen molar-refractivity contribution in [3.05, 3.63) is 0 Å². The van der Waals surface area contributed by atoms with E-state index in [9.17, 15) is 4.57 Å². The first-order valence-electron chi connectivity index (χ1n) is 2.50. The molecule has 0 saturated carbocycles. The fourth-order valence-electron chi connectivity index (χ4n) is 0.269. The predicted octanol–water partition coefficient (Wildman–Crippen LogP) is 1.63. The largest absolute Gasteiger partial charge is 0.323 e. The Balaban J connectivity index is 3.68. The number of rotatable bonds is 1. The molecule has 0 rings (SSSR count). The normalized spacial score (nSPS) is 9.88. The lowest BCUT2D eigenvalue weighted by Crippen LogP contribution is -1.78. The molecule has 0 aliphatic carbocycles. The summed E-state index contributed by atoms with van der Waals surface area (Å²) < 4.78 is 10.9. The van der Waals surface area contributed by atoms with Gasteiger partial charge in [0.05, 0.1) is 13.3 Å².